The Bertz CT molecular complexity index is 1180. The van der Waals surface area contributed by atoms with Crippen molar-refractivity contribution < 1.29 is 9.42 Å². The Morgan fingerprint density at radius 3 is 2.60 bits per heavy atom. The second kappa shape index (κ2) is 8.35. The van der Waals surface area contributed by atoms with Crippen LogP contribution in [-0.2, 0) is 6.42 Å². The zero-order chi connectivity index (χ0) is 20.9. The first-order valence-electron chi connectivity index (χ1n) is 9.19. The second-order valence-electron chi connectivity index (χ2n) is 6.33. The van der Waals surface area contributed by atoms with Crippen LogP contribution in [0.1, 0.15) is 28.5 Å². The third-order valence-electron chi connectivity index (χ3n) is 4.40. The number of carbonyl (C=O) groups excluding carboxylic acids is 1. The Morgan fingerprint density at radius 1 is 1.17 bits per heavy atom. The van der Waals surface area contributed by atoms with Crippen molar-refractivity contribution in [2.75, 3.05) is 5.73 Å². The van der Waals surface area contributed by atoms with E-state index < -0.39 is 5.91 Å². The molecule has 0 saturated carbocycles. The fourth-order valence-electron chi connectivity index (χ4n) is 2.83. The number of carbonyl (C=O) groups is 1. The molecule has 0 unspecified atom stereocenters. The molecule has 2 heterocycles. The Labute approximate surface area is 171 Å². The van der Waals surface area contributed by atoms with E-state index in [1.165, 1.54) is 10.2 Å². The molecule has 3 N–H and O–H groups in total. The summed E-state index contributed by atoms with van der Waals surface area (Å²) < 4.78 is 5.96. The molecular formula is C20H18N8O2. The number of nitrogens with zero attached hydrogens (tertiary/aromatic N) is 6. The van der Waals surface area contributed by atoms with E-state index in [-0.39, 0.29) is 17.3 Å². The molecule has 0 saturated heterocycles. The summed E-state index contributed by atoms with van der Waals surface area (Å²) in [6, 6.07) is 17.0. The zero-order valence-corrected chi connectivity index (χ0v) is 16.1. The van der Waals surface area contributed by atoms with Crippen molar-refractivity contribution in [3.63, 3.8) is 0 Å². The van der Waals surface area contributed by atoms with Crippen LogP contribution in [-0.4, -0.2) is 37.4 Å². The molecule has 2 aromatic carbocycles. The van der Waals surface area contributed by atoms with Crippen molar-refractivity contribution in [3.8, 4) is 17.1 Å². The summed E-state index contributed by atoms with van der Waals surface area (Å²) in [4.78, 5) is 12.8. The number of benzene rings is 2. The maximum absolute atomic E-state index is 12.8. The van der Waals surface area contributed by atoms with E-state index in [1.807, 2.05) is 54.6 Å². The van der Waals surface area contributed by atoms with Gasteiger partial charge in [0.25, 0.3) is 5.91 Å². The minimum atomic E-state index is -0.531. The summed E-state index contributed by atoms with van der Waals surface area (Å²) in [5, 5.41) is 19.3. The number of hydrogen-bond donors (Lipinski definition) is 2. The fraction of sp³-hybridized carbons (Fsp3) is 0.100. The first kappa shape index (κ1) is 19.0. The van der Waals surface area contributed by atoms with Crippen LogP contribution in [0.25, 0.3) is 17.1 Å². The summed E-state index contributed by atoms with van der Waals surface area (Å²) in [7, 11) is 0. The summed E-state index contributed by atoms with van der Waals surface area (Å²) in [6.07, 6.45) is 2.52. The summed E-state index contributed by atoms with van der Waals surface area (Å²) in [5.74, 6) is -0.367. The lowest BCUT2D eigenvalue weighted by atomic mass is 10.1. The highest BCUT2D eigenvalue weighted by molar-refractivity contribution is 5.98. The molecule has 0 aliphatic heterocycles. The van der Waals surface area contributed by atoms with Crippen LogP contribution in [0.3, 0.4) is 0 Å². The van der Waals surface area contributed by atoms with E-state index in [0.717, 1.165) is 12.0 Å². The van der Waals surface area contributed by atoms with Gasteiger partial charge in [-0.1, -0.05) is 66.7 Å². The highest BCUT2D eigenvalue weighted by Crippen LogP contribution is 2.26. The Kier molecular flexibility index (Phi) is 5.29. The number of hydrogen-bond acceptors (Lipinski definition) is 8. The average Bonchev–Trinajstić information content (AvgIpc) is 3.40. The van der Waals surface area contributed by atoms with Gasteiger partial charge in [0.2, 0.25) is 11.6 Å². The van der Waals surface area contributed by atoms with Crippen molar-refractivity contribution in [2.45, 2.75) is 13.3 Å². The van der Waals surface area contributed by atoms with Crippen molar-refractivity contribution >= 4 is 17.9 Å². The first-order chi connectivity index (χ1) is 14.7. The van der Waals surface area contributed by atoms with Gasteiger partial charge in [0, 0.05) is 5.56 Å². The minimum Gasteiger partial charge on any atom is -0.378 e. The topological polar surface area (TPSA) is 137 Å². The van der Waals surface area contributed by atoms with Gasteiger partial charge in [-0.2, -0.15) is 9.78 Å². The molecule has 150 valence electrons. The predicted octanol–water partition coefficient (Wildman–Crippen LogP) is 2.23. The summed E-state index contributed by atoms with van der Waals surface area (Å²) >= 11 is 0. The first-order valence-corrected chi connectivity index (χ1v) is 9.19. The van der Waals surface area contributed by atoms with Crippen LogP contribution in [0, 0.1) is 0 Å². The molecule has 4 aromatic rings. The Hall–Kier alpha value is -4.34. The molecule has 0 radical (unpaired) electrons. The molecular weight excluding hydrogens is 384 g/mol. The number of nitrogens with two attached hydrogens (primary N) is 1. The van der Waals surface area contributed by atoms with Crippen LogP contribution >= 0.6 is 0 Å². The maximum Gasteiger partial charge on any atom is 0.294 e. The van der Waals surface area contributed by atoms with Gasteiger partial charge in [0.15, 0.2) is 5.69 Å². The van der Waals surface area contributed by atoms with Gasteiger partial charge in [-0.15, -0.1) is 5.10 Å². The number of rotatable bonds is 6. The molecule has 30 heavy (non-hydrogen) atoms. The molecule has 0 aliphatic rings. The van der Waals surface area contributed by atoms with Gasteiger partial charge in [0.05, 0.1) is 6.21 Å². The van der Waals surface area contributed by atoms with Crippen LogP contribution in [0.2, 0.25) is 0 Å². The normalized spacial score (nSPS) is 11.1. The molecule has 1 amide bonds. The Morgan fingerprint density at radius 2 is 1.93 bits per heavy atom. The van der Waals surface area contributed by atoms with E-state index in [0.29, 0.717) is 11.3 Å². The molecule has 4 rings (SSSR count). The highest BCUT2D eigenvalue weighted by atomic mass is 16.6. The molecule has 10 nitrogen and oxygen atoms in total. The van der Waals surface area contributed by atoms with Gasteiger partial charge in [-0.05, 0) is 27.9 Å². The maximum atomic E-state index is 12.8. The van der Waals surface area contributed by atoms with Crippen LogP contribution in [0.5, 0.6) is 0 Å². The molecule has 2 aromatic heterocycles. The Balaban J connectivity index is 1.63. The third kappa shape index (κ3) is 3.78. The minimum absolute atomic E-state index is 0.0255. The molecule has 0 spiro atoms. The molecule has 10 heteroatoms. The summed E-state index contributed by atoms with van der Waals surface area (Å²) in [6.45, 7) is 2.09. The lowest BCUT2D eigenvalue weighted by molar-refractivity contribution is 0.0950. The van der Waals surface area contributed by atoms with Crippen molar-refractivity contribution in [1.29, 1.82) is 0 Å². The number of nitrogens with one attached hydrogen (secondary N) is 1. The largest absolute Gasteiger partial charge is 0.378 e. The van der Waals surface area contributed by atoms with Crippen molar-refractivity contribution in [3.05, 3.63) is 71.4 Å². The van der Waals surface area contributed by atoms with E-state index in [9.17, 15) is 4.79 Å². The van der Waals surface area contributed by atoms with Crippen LogP contribution in [0.4, 0.5) is 5.82 Å². The fourth-order valence-corrected chi connectivity index (χ4v) is 2.83. The molecule has 0 atom stereocenters. The van der Waals surface area contributed by atoms with Crippen LogP contribution < -0.4 is 11.2 Å². The van der Waals surface area contributed by atoms with Gasteiger partial charge in [-0.25, -0.2) is 10.1 Å². The van der Waals surface area contributed by atoms with Crippen molar-refractivity contribution in [2.24, 2.45) is 5.10 Å². The third-order valence-corrected chi connectivity index (χ3v) is 4.40. The van der Waals surface area contributed by atoms with Gasteiger partial charge < -0.3 is 5.73 Å². The average molecular weight is 402 g/mol. The molecule has 0 aliphatic carbocycles. The van der Waals surface area contributed by atoms with Crippen molar-refractivity contribution in [1.82, 2.24) is 30.7 Å². The van der Waals surface area contributed by atoms with Gasteiger partial charge in [-0.3, -0.25) is 4.79 Å². The zero-order valence-electron chi connectivity index (χ0n) is 16.1. The monoisotopic (exact) mass is 402 g/mol. The van der Waals surface area contributed by atoms with E-state index >= 15 is 0 Å². The van der Waals surface area contributed by atoms with Gasteiger partial charge in [0.1, 0.15) is 5.69 Å². The number of aromatic nitrogens is 5. The van der Waals surface area contributed by atoms with E-state index in [2.05, 4.69) is 42.7 Å². The van der Waals surface area contributed by atoms with E-state index in [4.69, 9.17) is 5.73 Å². The second-order valence-corrected chi connectivity index (χ2v) is 6.33. The lowest BCUT2D eigenvalue weighted by Gasteiger charge is -2.05. The SMILES string of the molecule is CCc1ccc(C=NNC(=O)c2nnn(-c3nonc3N)c2-c2ccccc2)cc1. The standard InChI is InChI=1S/C20H18N8O2/c1-2-13-8-10-14(11-9-13)12-22-24-20(29)16-17(15-6-4-3-5-7-15)28(27-23-16)19-18(21)25-30-26-19/h3-12H,2H2,1H3,(H2,21,25)(H,24,29). The quantitative estimate of drug-likeness (QED) is 0.372. The summed E-state index contributed by atoms with van der Waals surface area (Å²) in [5.41, 5.74) is 11.5. The number of anilines is 1. The molecule has 0 bridgehead atoms. The predicted molar refractivity (Wildman–Crippen MR) is 110 cm³/mol. The van der Waals surface area contributed by atoms with Crippen LogP contribution in [0.15, 0.2) is 64.3 Å². The lowest BCUT2D eigenvalue weighted by Crippen LogP contribution is -2.19. The van der Waals surface area contributed by atoms with E-state index in [1.54, 1.807) is 6.21 Å². The highest BCUT2D eigenvalue weighted by Gasteiger charge is 2.24. The molecule has 0 fully saturated rings. The number of nitrogen functional groups attached to an aromatic ring is 1. The number of hydrazone groups is 1. The number of aryl methyl sites for hydroxylation is 1. The number of amides is 1. The smallest absolute Gasteiger partial charge is 0.294 e. The van der Waals surface area contributed by atoms with Gasteiger partial charge >= 0.3 is 0 Å².